The Hall–Kier alpha value is -0.870. The summed E-state index contributed by atoms with van der Waals surface area (Å²) in [5.74, 6) is -0.126. The highest BCUT2D eigenvalue weighted by atomic mass is 79.9. The highest BCUT2D eigenvalue weighted by molar-refractivity contribution is 9.10. The van der Waals surface area contributed by atoms with E-state index < -0.39 is 0 Å². The molecule has 0 saturated carbocycles. The molecule has 0 fully saturated rings. The van der Waals surface area contributed by atoms with E-state index in [1.807, 2.05) is 24.3 Å². The van der Waals surface area contributed by atoms with Crippen LogP contribution in [0, 0.1) is 0 Å². The van der Waals surface area contributed by atoms with Crippen LogP contribution in [-0.2, 0) is 16.1 Å². The summed E-state index contributed by atoms with van der Waals surface area (Å²) in [6.07, 6.45) is 4.55. The predicted octanol–water partition coefficient (Wildman–Crippen LogP) is 3.40. The molecule has 0 bridgehead atoms. The summed E-state index contributed by atoms with van der Waals surface area (Å²) in [6.45, 7) is 1.07. The molecular weight excluding hydrogens is 294 g/mol. The Morgan fingerprint density at radius 2 is 1.89 bits per heavy atom. The number of benzene rings is 1. The summed E-state index contributed by atoms with van der Waals surface area (Å²) in [7, 11) is 0. The summed E-state index contributed by atoms with van der Waals surface area (Å²) in [6, 6.07) is 7.75. The van der Waals surface area contributed by atoms with Crippen molar-refractivity contribution in [2.75, 3.05) is 6.54 Å². The topological polar surface area (TPSA) is 52.3 Å². The Balaban J connectivity index is 2.15. The van der Waals surface area contributed by atoms with Gasteiger partial charge >= 0.3 is 5.97 Å². The third kappa shape index (κ3) is 6.17. The van der Waals surface area contributed by atoms with Crippen molar-refractivity contribution >= 4 is 21.9 Å². The molecule has 1 aromatic rings. The van der Waals surface area contributed by atoms with Crippen molar-refractivity contribution in [3.63, 3.8) is 0 Å². The smallest absolute Gasteiger partial charge is 0.306 e. The van der Waals surface area contributed by atoms with E-state index in [9.17, 15) is 4.79 Å². The van der Waals surface area contributed by atoms with E-state index in [0.29, 0.717) is 13.0 Å². The van der Waals surface area contributed by atoms with E-state index in [-0.39, 0.29) is 5.97 Å². The van der Waals surface area contributed by atoms with Gasteiger partial charge in [-0.05, 0) is 25.5 Å². The lowest BCUT2D eigenvalue weighted by Crippen LogP contribution is -2.05. The molecular formula is C14H20BrNO2. The summed E-state index contributed by atoms with van der Waals surface area (Å²) in [5.41, 5.74) is 6.40. The van der Waals surface area contributed by atoms with E-state index in [2.05, 4.69) is 15.9 Å². The van der Waals surface area contributed by atoms with Crippen LogP contribution < -0.4 is 5.73 Å². The van der Waals surface area contributed by atoms with Crippen molar-refractivity contribution in [1.29, 1.82) is 0 Å². The van der Waals surface area contributed by atoms with Gasteiger partial charge in [-0.2, -0.15) is 0 Å². The van der Waals surface area contributed by atoms with Crippen molar-refractivity contribution in [2.24, 2.45) is 5.73 Å². The summed E-state index contributed by atoms with van der Waals surface area (Å²) in [5, 5.41) is 0. The van der Waals surface area contributed by atoms with E-state index in [4.69, 9.17) is 10.5 Å². The minimum atomic E-state index is -0.126. The monoisotopic (exact) mass is 313 g/mol. The van der Waals surface area contributed by atoms with Crippen LogP contribution in [0.25, 0.3) is 0 Å². The number of hydrogen-bond acceptors (Lipinski definition) is 3. The maximum absolute atomic E-state index is 11.5. The Morgan fingerprint density at radius 3 is 2.61 bits per heavy atom. The number of carbonyl (C=O) groups excluding carboxylic acids is 1. The number of carbonyl (C=O) groups is 1. The zero-order chi connectivity index (χ0) is 13.2. The average molecular weight is 314 g/mol. The van der Waals surface area contributed by atoms with E-state index >= 15 is 0 Å². The summed E-state index contributed by atoms with van der Waals surface area (Å²) < 4.78 is 6.19. The van der Waals surface area contributed by atoms with Gasteiger partial charge in [0.05, 0.1) is 0 Å². The average Bonchev–Trinajstić information content (AvgIpc) is 2.37. The van der Waals surface area contributed by atoms with Gasteiger partial charge in [-0.25, -0.2) is 0 Å². The maximum atomic E-state index is 11.5. The van der Waals surface area contributed by atoms with E-state index in [1.54, 1.807) is 0 Å². The molecule has 0 aliphatic rings. The number of nitrogens with two attached hydrogens (primary N) is 1. The van der Waals surface area contributed by atoms with Gasteiger partial charge in [0.25, 0.3) is 0 Å². The van der Waals surface area contributed by atoms with Crippen LogP contribution >= 0.6 is 15.9 Å². The molecule has 18 heavy (non-hydrogen) atoms. The van der Waals surface area contributed by atoms with Crippen molar-refractivity contribution in [1.82, 2.24) is 0 Å². The molecule has 0 amide bonds. The normalized spacial score (nSPS) is 10.3. The van der Waals surface area contributed by atoms with Crippen LogP contribution in [0.15, 0.2) is 28.7 Å². The molecule has 0 aliphatic carbocycles. The van der Waals surface area contributed by atoms with Gasteiger partial charge in [-0.3, -0.25) is 4.79 Å². The first-order valence-corrected chi connectivity index (χ1v) is 7.12. The van der Waals surface area contributed by atoms with Gasteiger partial charge in [-0.1, -0.05) is 47.0 Å². The molecule has 0 radical (unpaired) electrons. The van der Waals surface area contributed by atoms with Crippen LogP contribution in [-0.4, -0.2) is 12.5 Å². The van der Waals surface area contributed by atoms with Crippen LogP contribution in [0.5, 0.6) is 0 Å². The minimum absolute atomic E-state index is 0.126. The molecule has 100 valence electrons. The van der Waals surface area contributed by atoms with Crippen molar-refractivity contribution in [2.45, 2.75) is 38.7 Å². The van der Waals surface area contributed by atoms with Gasteiger partial charge in [-0.15, -0.1) is 0 Å². The molecule has 0 aliphatic heterocycles. The first-order chi connectivity index (χ1) is 8.74. The molecule has 0 heterocycles. The number of unbranched alkanes of at least 4 members (excludes halogenated alkanes) is 3. The predicted molar refractivity (Wildman–Crippen MR) is 76.1 cm³/mol. The number of halogens is 1. The summed E-state index contributed by atoms with van der Waals surface area (Å²) in [4.78, 5) is 11.5. The molecule has 3 nitrogen and oxygen atoms in total. The molecule has 1 rings (SSSR count). The zero-order valence-electron chi connectivity index (χ0n) is 10.5. The molecule has 4 heteroatoms. The Labute approximate surface area is 117 Å². The fourth-order valence-corrected chi connectivity index (χ4v) is 2.01. The molecule has 1 aromatic carbocycles. The van der Waals surface area contributed by atoms with Crippen LogP contribution in [0.3, 0.4) is 0 Å². The standard InChI is InChI=1S/C14H20BrNO2/c15-13-8-5-4-7-12(13)11-18-14(17)9-3-1-2-6-10-16/h4-5,7-8H,1-3,6,9-11,16H2. The molecule has 0 unspecified atom stereocenters. The minimum Gasteiger partial charge on any atom is -0.461 e. The highest BCUT2D eigenvalue weighted by Crippen LogP contribution is 2.17. The van der Waals surface area contributed by atoms with Crippen molar-refractivity contribution < 1.29 is 9.53 Å². The lowest BCUT2D eigenvalue weighted by atomic mass is 10.1. The fourth-order valence-electron chi connectivity index (χ4n) is 1.61. The molecule has 0 spiro atoms. The summed E-state index contributed by atoms with van der Waals surface area (Å²) >= 11 is 3.42. The number of esters is 1. The lowest BCUT2D eigenvalue weighted by molar-refractivity contribution is -0.145. The Morgan fingerprint density at radius 1 is 1.17 bits per heavy atom. The van der Waals surface area contributed by atoms with Crippen molar-refractivity contribution in [3.8, 4) is 0 Å². The second-order valence-corrected chi connectivity index (χ2v) is 5.06. The van der Waals surface area contributed by atoms with Crippen LogP contribution in [0.2, 0.25) is 0 Å². The maximum Gasteiger partial charge on any atom is 0.306 e. The van der Waals surface area contributed by atoms with E-state index in [0.717, 1.165) is 42.3 Å². The van der Waals surface area contributed by atoms with Gasteiger partial charge in [0.2, 0.25) is 0 Å². The molecule has 0 aromatic heterocycles. The third-order valence-corrected chi connectivity index (χ3v) is 3.46. The third-order valence-electron chi connectivity index (χ3n) is 2.68. The number of rotatable bonds is 8. The molecule has 0 atom stereocenters. The highest BCUT2D eigenvalue weighted by Gasteiger charge is 2.05. The van der Waals surface area contributed by atoms with E-state index in [1.165, 1.54) is 0 Å². The fraction of sp³-hybridized carbons (Fsp3) is 0.500. The Kier molecular flexibility index (Phi) is 7.69. The largest absolute Gasteiger partial charge is 0.461 e. The van der Waals surface area contributed by atoms with Gasteiger partial charge < -0.3 is 10.5 Å². The van der Waals surface area contributed by atoms with Gasteiger partial charge in [0, 0.05) is 16.5 Å². The molecule has 2 N–H and O–H groups in total. The number of hydrogen-bond donors (Lipinski definition) is 1. The first-order valence-electron chi connectivity index (χ1n) is 6.33. The lowest BCUT2D eigenvalue weighted by Gasteiger charge is -2.06. The van der Waals surface area contributed by atoms with Gasteiger partial charge in [0.15, 0.2) is 0 Å². The van der Waals surface area contributed by atoms with Gasteiger partial charge in [0.1, 0.15) is 6.61 Å². The van der Waals surface area contributed by atoms with Crippen LogP contribution in [0.4, 0.5) is 0 Å². The quantitative estimate of drug-likeness (QED) is 0.591. The van der Waals surface area contributed by atoms with Crippen LogP contribution in [0.1, 0.15) is 37.7 Å². The SMILES string of the molecule is NCCCCCCC(=O)OCc1ccccc1Br. The zero-order valence-corrected chi connectivity index (χ0v) is 12.1. The molecule has 0 saturated heterocycles. The second-order valence-electron chi connectivity index (χ2n) is 4.20. The van der Waals surface area contributed by atoms with Crippen molar-refractivity contribution in [3.05, 3.63) is 34.3 Å². The Bertz CT molecular complexity index is 369. The number of ether oxygens (including phenoxy) is 1. The first kappa shape index (κ1) is 15.2. The second kappa shape index (κ2) is 9.11.